The summed E-state index contributed by atoms with van der Waals surface area (Å²) in [6, 6.07) is 11.9. The second kappa shape index (κ2) is 7.40. The van der Waals surface area contributed by atoms with Gasteiger partial charge in [-0.1, -0.05) is 17.4 Å². The van der Waals surface area contributed by atoms with Crippen molar-refractivity contribution in [1.82, 2.24) is 4.98 Å². The van der Waals surface area contributed by atoms with E-state index in [9.17, 15) is 0 Å². The summed E-state index contributed by atoms with van der Waals surface area (Å²) in [7, 11) is 4.95. The Morgan fingerprint density at radius 1 is 1.04 bits per heavy atom. The van der Waals surface area contributed by atoms with Crippen LogP contribution >= 0.6 is 11.3 Å². The molecule has 0 radical (unpaired) electrons. The van der Waals surface area contributed by atoms with Gasteiger partial charge in [-0.3, -0.25) is 0 Å². The van der Waals surface area contributed by atoms with E-state index < -0.39 is 0 Å². The fourth-order valence-electron chi connectivity index (χ4n) is 3.30. The Morgan fingerprint density at radius 2 is 1.93 bits per heavy atom. The molecule has 3 aromatic rings. The number of benzene rings is 2. The molecule has 0 bridgehead atoms. The van der Waals surface area contributed by atoms with Gasteiger partial charge in [-0.05, 0) is 48.7 Å². The lowest BCUT2D eigenvalue weighted by Gasteiger charge is -2.15. The summed E-state index contributed by atoms with van der Waals surface area (Å²) in [6.45, 7) is 0. The van der Waals surface area contributed by atoms with Crippen molar-refractivity contribution in [2.45, 2.75) is 12.8 Å². The number of nitrogens with zero attached hydrogens (tertiary/aromatic N) is 2. The summed E-state index contributed by atoms with van der Waals surface area (Å²) in [5, 5.41) is 0.744. The highest BCUT2D eigenvalue weighted by molar-refractivity contribution is 7.15. The van der Waals surface area contributed by atoms with Gasteiger partial charge in [-0.2, -0.15) is 0 Å². The SMILES string of the molecule is COc1ccc2c(c1)CCc1sc(N=Cc3cccc(OC)c3OC)nc1-2. The van der Waals surface area contributed by atoms with Gasteiger partial charge in [-0.25, -0.2) is 9.98 Å². The minimum absolute atomic E-state index is 0.669. The molecule has 138 valence electrons. The first kappa shape index (κ1) is 17.5. The first-order chi connectivity index (χ1) is 13.2. The standard InChI is InChI=1S/C21H20N2O3S/c1-24-15-8-9-16-13(11-15)7-10-18-19(16)23-21(27-18)22-12-14-5-4-6-17(25-2)20(14)26-3/h4-6,8-9,11-12H,7,10H2,1-3H3. The van der Waals surface area contributed by atoms with E-state index in [4.69, 9.17) is 19.2 Å². The van der Waals surface area contributed by atoms with Crippen molar-refractivity contribution in [1.29, 1.82) is 0 Å². The molecule has 27 heavy (non-hydrogen) atoms. The van der Waals surface area contributed by atoms with E-state index in [1.165, 1.54) is 16.0 Å². The Hall–Kier alpha value is -2.86. The van der Waals surface area contributed by atoms with Crippen molar-refractivity contribution in [2.24, 2.45) is 4.99 Å². The molecule has 0 amide bonds. The van der Waals surface area contributed by atoms with E-state index in [0.717, 1.165) is 35.0 Å². The smallest absolute Gasteiger partial charge is 0.209 e. The monoisotopic (exact) mass is 380 g/mol. The minimum Gasteiger partial charge on any atom is -0.497 e. The van der Waals surface area contributed by atoms with Crippen LogP contribution in [0.25, 0.3) is 11.3 Å². The zero-order valence-electron chi connectivity index (χ0n) is 15.5. The highest BCUT2D eigenvalue weighted by Crippen LogP contribution is 2.40. The molecular formula is C21H20N2O3S. The molecule has 0 saturated carbocycles. The third-order valence-corrected chi connectivity index (χ3v) is 5.65. The average Bonchev–Trinajstić information content (AvgIpc) is 3.14. The van der Waals surface area contributed by atoms with Crippen LogP contribution < -0.4 is 14.2 Å². The molecule has 1 aliphatic carbocycles. The Balaban J connectivity index is 1.66. The van der Waals surface area contributed by atoms with Crippen molar-refractivity contribution in [2.75, 3.05) is 21.3 Å². The summed E-state index contributed by atoms with van der Waals surface area (Å²) in [4.78, 5) is 10.6. The van der Waals surface area contributed by atoms with Crippen LogP contribution in [0.1, 0.15) is 16.0 Å². The summed E-state index contributed by atoms with van der Waals surface area (Å²) < 4.78 is 16.1. The van der Waals surface area contributed by atoms with E-state index in [0.29, 0.717) is 11.5 Å². The van der Waals surface area contributed by atoms with Crippen LogP contribution in [0.3, 0.4) is 0 Å². The number of fused-ring (bicyclic) bond motifs is 3. The van der Waals surface area contributed by atoms with Crippen LogP contribution in [-0.4, -0.2) is 32.5 Å². The van der Waals surface area contributed by atoms with Gasteiger partial charge in [0.05, 0.1) is 27.0 Å². The quantitative estimate of drug-likeness (QED) is 0.603. The molecule has 4 rings (SSSR count). The molecule has 0 fully saturated rings. The van der Waals surface area contributed by atoms with Crippen LogP contribution in [0.15, 0.2) is 41.4 Å². The zero-order chi connectivity index (χ0) is 18.8. The van der Waals surface area contributed by atoms with Crippen molar-refractivity contribution in [3.8, 4) is 28.5 Å². The minimum atomic E-state index is 0.669. The summed E-state index contributed by atoms with van der Waals surface area (Å²) in [6.07, 6.45) is 3.75. The third kappa shape index (κ3) is 3.28. The molecule has 0 unspecified atom stereocenters. The Bertz CT molecular complexity index is 1010. The number of rotatable bonds is 5. The maximum absolute atomic E-state index is 5.46. The van der Waals surface area contributed by atoms with Crippen molar-refractivity contribution in [3.63, 3.8) is 0 Å². The van der Waals surface area contributed by atoms with E-state index in [2.05, 4.69) is 17.1 Å². The lowest BCUT2D eigenvalue weighted by molar-refractivity contribution is 0.354. The molecule has 0 N–H and O–H groups in total. The fraction of sp³-hybridized carbons (Fsp3) is 0.238. The van der Waals surface area contributed by atoms with Gasteiger partial charge in [0.25, 0.3) is 0 Å². The number of aromatic nitrogens is 1. The van der Waals surface area contributed by atoms with Crippen molar-refractivity contribution in [3.05, 3.63) is 52.4 Å². The predicted octanol–water partition coefficient (Wildman–Crippen LogP) is 4.69. The number of hydrogen-bond acceptors (Lipinski definition) is 6. The molecule has 0 saturated heterocycles. The van der Waals surface area contributed by atoms with E-state index in [1.807, 2.05) is 24.3 Å². The molecule has 0 aliphatic heterocycles. The van der Waals surface area contributed by atoms with Gasteiger partial charge in [0.15, 0.2) is 11.5 Å². The second-order valence-electron chi connectivity index (χ2n) is 6.13. The number of ether oxygens (including phenoxy) is 3. The summed E-state index contributed by atoms with van der Waals surface area (Å²) >= 11 is 1.64. The third-order valence-electron chi connectivity index (χ3n) is 4.62. The van der Waals surface area contributed by atoms with Crippen LogP contribution in [0, 0.1) is 0 Å². The molecule has 2 aromatic carbocycles. The topological polar surface area (TPSA) is 52.9 Å². The second-order valence-corrected chi connectivity index (χ2v) is 7.19. The van der Waals surface area contributed by atoms with Crippen LogP contribution in [0.5, 0.6) is 17.2 Å². The van der Waals surface area contributed by atoms with Gasteiger partial charge in [0.1, 0.15) is 5.75 Å². The normalized spacial score (nSPS) is 12.6. The van der Waals surface area contributed by atoms with Gasteiger partial charge in [-0.15, -0.1) is 0 Å². The van der Waals surface area contributed by atoms with Crippen molar-refractivity contribution < 1.29 is 14.2 Å². The summed E-state index contributed by atoms with van der Waals surface area (Å²) in [5.41, 5.74) is 4.34. The van der Waals surface area contributed by atoms with E-state index in [-0.39, 0.29) is 0 Å². The Labute approximate surface area is 162 Å². The lowest BCUT2D eigenvalue weighted by Crippen LogP contribution is -2.02. The molecule has 0 spiro atoms. The average molecular weight is 380 g/mol. The molecule has 0 atom stereocenters. The number of hydrogen-bond donors (Lipinski definition) is 0. The molecule has 6 heteroatoms. The summed E-state index contributed by atoms with van der Waals surface area (Å²) in [5.74, 6) is 2.24. The Morgan fingerprint density at radius 3 is 2.70 bits per heavy atom. The maximum Gasteiger partial charge on any atom is 0.209 e. The number of aliphatic imine (C=N–C) groups is 1. The lowest BCUT2D eigenvalue weighted by atomic mass is 9.93. The zero-order valence-corrected chi connectivity index (χ0v) is 16.3. The number of aryl methyl sites for hydroxylation is 2. The maximum atomic E-state index is 5.46. The number of para-hydroxylation sites is 1. The van der Waals surface area contributed by atoms with Crippen LogP contribution in [0.4, 0.5) is 5.13 Å². The molecule has 5 nitrogen and oxygen atoms in total. The largest absolute Gasteiger partial charge is 0.497 e. The Kier molecular flexibility index (Phi) is 4.81. The highest BCUT2D eigenvalue weighted by atomic mass is 32.1. The van der Waals surface area contributed by atoms with Crippen molar-refractivity contribution >= 4 is 22.7 Å². The van der Waals surface area contributed by atoms with Gasteiger partial charge < -0.3 is 14.2 Å². The molecule has 1 aliphatic rings. The first-order valence-corrected chi connectivity index (χ1v) is 9.47. The van der Waals surface area contributed by atoms with Crippen LogP contribution in [-0.2, 0) is 12.8 Å². The number of thiazole rings is 1. The molecule has 1 heterocycles. The van der Waals surface area contributed by atoms with Crippen LogP contribution in [0.2, 0.25) is 0 Å². The number of methoxy groups -OCH3 is 3. The van der Waals surface area contributed by atoms with E-state index >= 15 is 0 Å². The molecule has 1 aromatic heterocycles. The van der Waals surface area contributed by atoms with Gasteiger partial charge in [0.2, 0.25) is 5.13 Å². The predicted molar refractivity (Wildman–Crippen MR) is 108 cm³/mol. The van der Waals surface area contributed by atoms with E-state index in [1.54, 1.807) is 38.9 Å². The van der Waals surface area contributed by atoms with Gasteiger partial charge in [0, 0.05) is 22.2 Å². The fourth-order valence-corrected chi connectivity index (χ4v) is 4.22. The molecular weight excluding hydrogens is 360 g/mol. The highest BCUT2D eigenvalue weighted by Gasteiger charge is 2.21. The first-order valence-electron chi connectivity index (χ1n) is 8.65. The van der Waals surface area contributed by atoms with Gasteiger partial charge >= 0.3 is 0 Å².